The van der Waals surface area contributed by atoms with Crippen LogP contribution in [0.15, 0.2) is 104 Å². The molecule has 4 N–H and O–H groups in total. The molecule has 5 heterocycles. The Bertz CT molecular complexity index is 2460. The molecule has 50 heavy (non-hydrogen) atoms. The van der Waals surface area contributed by atoms with Crippen LogP contribution in [0.4, 0.5) is 17.3 Å². The number of benzene rings is 4. The third kappa shape index (κ3) is 6.35. The van der Waals surface area contributed by atoms with E-state index in [0.717, 1.165) is 80.2 Å². The maximum absolute atomic E-state index is 6.20. The van der Waals surface area contributed by atoms with E-state index in [1.54, 1.807) is 6.20 Å². The van der Waals surface area contributed by atoms with Crippen LogP contribution < -0.4 is 20.3 Å². The van der Waals surface area contributed by atoms with Gasteiger partial charge in [0.2, 0.25) is 0 Å². The first-order chi connectivity index (χ1) is 24.7. The van der Waals surface area contributed by atoms with E-state index in [9.17, 15) is 0 Å². The third-order valence-electron chi connectivity index (χ3n) is 9.46. The molecule has 0 bridgehead atoms. The van der Waals surface area contributed by atoms with Gasteiger partial charge < -0.3 is 30.2 Å². The van der Waals surface area contributed by atoms with Crippen molar-refractivity contribution in [2.45, 2.75) is 39.0 Å². The standard InChI is InChI=1S/C40H37N9O/c1-2-14-49(15-3-1)31-8-10-33-37(19-31)47-39(23-42-33)45-22-27-5-7-29-18-30(46-36(29)17-27)25-50-32-9-11-34-38(20-32)48-40(24-43-34)44-21-26-4-6-28-12-13-41-35(28)16-26/h4-13,16-20,23-24,41,46H,1-3,14-15,21-22,25H2,(H,44,48)(H,45,47). The second-order valence-electron chi connectivity index (χ2n) is 13.0. The Morgan fingerprint density at radius 2 is 1.34 bits per heavy atom. The van der Waals surface area contributed by atoms with Gasteiger partial charge in [-0.05, 0) is 95.8 Å². The molecule has 0 saturated carbocycles. The van der Waals surface area contributed by atoms with Gasteiger partial charge in [-0.1, -0.05) is 24.3 Å². The van der Waals surface area contributed by atoms with E-state index >= 15 is 0 Å². The zero-order valence-corrected chi connectivity index (χ0v) is 27.6. The number of aromatic amines is 2. The van der Waals surface area contributed by atoms with Crippen LogP contribution in [0.3, 0.4) is 0 Å². The summed E-state index contributed by atoms with van der Waals surface area (Å²) in [4.78, 5) is 28.2. The molecule has 248 valence electrons. The molecule has 0 aliphatic carbocycles. The Morgan fingerprint density at radius 1 is 0.640 bits per heavy atom. The van der Waals surface area contributed by atoms with Gasteiger partial charge >= 0.3 is 0 Å². The maximum atomic E-state index is 6.20. The number of aromatic nitrogens is 6. The Kier molecular flexibility index (Phi) is 7.81. The second-order valence-corrected chi connectivity index (χ2v) is 13.0. The number of rotatable bonds is 10. The van der Waals surface area contributed by atoms with Crippen LogP contribution in [0.1, 0.15) is 36.1 Å². The molecule has 0 spiro atoms. The predicted octanol–water partition coefficient (Wildman–Crippen LogP) is 8.33. The van der Waals surface area contributed by atoms with Gasteiger partial charge in [0.25, 0.3) is 0 Å². The molecular formula is C40H37N9O. The van der Waals surface area contributed by atoms with Gasteiger partial charge in [-0.2, -0.15) is 0 Å². The lowest BCUT2D eigenvalue weighted by molar-refractivity contribution is 0.302. The first-order valence-electron chi connectivity index (χ1n) is 17.2. The highest BCUT2D eigenvalue weighted by Gasteiger charge is 2.12. The number of fused-ring (bicyclic) bond motifs is 4. The SMILES string of the molecule is c1cc2ccc(CNc3cnc4ccc(OCc5cc6ccc(CNc7cnc8ccc(N9CCCCC9)cc8n7)cc6[nH]5)cc4n3)cc2[nH]1. The zero-order valence-electron chi connectivity index (χ0n) is 27.6. The number of nitrogens with one attached hydrogen (secondary N) is 4. The van der Waals surface area contributed by atoms with E-state index in [2.05, 4.69) is 102 Å². The normalized spacial score (nSPS) is 13.4. The molecular weight excluding hydrogens is 623 g/mol. The van der Waals surface area contributed by atoms with Crippen molar-refractivity contribution in [2.75, 3.05) is 28.6 Å². The molecule has 4 aromatic heterocycles. The minimum atomic E-state index is 0.409. The largest absolute Gasteiger partial charge is 0.487 e. The van der Waals surface area contributed by atoms with E-state index in [-0.39, 0.29) is 0 Å². The first-order valence-corrected chi connectivity index (χ1v) is 17.2. The van der Waals surface area contributed by atoms with Gasteiger partial charge in [0.1, 0.15) is 24.0 Å². The van der Waals surface area contributed by atoms with Gasteiger partial charge in [-0.3, -0.25) is 9.97 Å². The summed E-state index contributed by atoms with van der Waals surface area (Å²) in [6.45, 7) is 3.92. The number of hydrogen-bond acceptors (Lipinski definition) is 8. The van der Waals surface area contributed by atoms with Gasteiger partial charge in [-0.15, -0.1) is 0 Å². The molecule has 1 aliphatic rings. The minimum Gasteiger partial charge on any atom is -0.487 e. The molecule has 0 amide bonds. The Morgan fingerprint density at radius 3 is 2.12 bits per heavy atom. The molecule has 0 unspecified atom stereocenters. The predicted molar refractivity (Wildman–Crippen MR) is 201 cm³/mol. The van der Waals surface area contributed by atoms with Crippen molar-refractivity contribution in [3.05, 3.63) is 120 Å². The molecule has 1 aliphatic heterocycles. The van der Waals surface area contributed by atoms with Gasteiger partial charge in [0.15, 0.2) is 0 Å². The average molecular weight is 660 g/mol. The summed E-state index contributed by atoms with van der Waals surface area (Å²) in [5.74, 6) is 2.23. The van der Waals surface area contributed by atoms with Crippen LogP contribution in [0.25, 0.3) is 43.9 Å². The number of piperidine rings is 1. The molecule has 10 nitrogen and oxygen atoms in total. The number of hydrogen-bond donors (Lipinski definition) is 4. The van der Waals surface area contributed by atoms with Gasteiger partial charge in [-0.25, -0.2) is 9.97 Å². The summed E-state index contributed by atoms with van der Waals surface area (Å²) in [6, 6.07) is 29.3. The molecule has 10 heteroatoms. The summed E-state index contributed by atoms with van der Waals surface area (Å²) >= 11 is 0. The highest BCUT2D eigenvalue weighted by Crippen LogP contribution is 2.26. The van der Waals surface area contributed by atoms with Crippen molar-refractivity contribution in [3.63, 3.8) is 0 Å². The van der Waals surface area contributed by atoms with E-state index in [1.807, 2.05) is 30.6 Å². The Balaban J connectivity index is 0.832. The second kappa shape index (κ2) is 13.0. The lowest BCUT2D eigenvalue weighted by Gasteiger charge is -2.28. The Hall–Kier alpha value is -6.16. The molecule has 4 aromatic carbocycles. The number of H-pyrrole nitrogens is 2. The van der Waals surface area contributed by atoms with Crippen LogP contribution in [0.5, 0.6) is 5.75 Å². The molecule has 1 fully saturated rings. The van der Waals surface area contributed by atoms with E-state index in [4.69, 9.17) is 14.7 Å². The van der Waals surface area contributed by atoms with Crippen molar-refractivity contribution in [1.29, 1.82) is 0 Å². The quantitative estimate of drug-likeness (QED) is 0.116. The van der Waals surface area contributed by atoms with E-state index in [0.29, 0.717) is 19.7 Å². The summed E-state index contributed by atoms with van der Waals surface area (Å²) in [7, 11) is 0. The number of ether oxygens (including phenoxy) is 1. The Labute approximate surface area is 289 Å². The highest BCUT2D eigenvalue weighted by molar-refractivity contribution is 5.82. The van der Waals surface area contributed by atoms with Crippen molar-refractivity contribution < 1.29 is 4.74 Å². The van der Waals surface area contributed by atoms with Crippen molar-refractivity contribution in [1.82, 2.24) is 29.9 Å². The molecule has 0 radical (unpaired) electrons. The summed E-state index contributed by atoms with van der Waals surface area (Å²) in [5.41, 5.74) is 10.2. The fraction of sp³-hybridized carbons (Fsp3) is 0.200. The topological polar surface area (TPSA) is 120 Å². The van der Waals surface area contributed by atoms with E-state index < -0.39 is 0 Å². The molecule has 9 rings (SSSR count). The number of anilines is 3. The zero-order chi connectivity index (χ0) is 33.3. The van der Waals surface area contributed by atoms with Crippen LogP contribution in [0, 0.1) is 0 Å². The highest BCUT2D eigenvalue weighted by atomic mass is 16.5. The van der Waals surface area contributed by atoms with Crippen LogP contribution in [-0.2, 0) is 19.7 Å². The first kappa shape index (κ1) is 29.9. The molecule has 0 atom stereocenters. The lowest BCUT2D eigenvalue weighted by atomic mass is 10.1. The molecule has 1 saturated heterocycles. The van der Waals surface area contributed by atoms with Crippen LogP contribution in [0.2, 0.25) is 0 Å². The summed E-state index contributed by atoms with van der Waals surface area (Å²) < 4.78 is 6.20. The van der Waals surface area contributed by atoms with Crippen LogP contribution >= 0.6 is 0 Å². The lowest BCUT2D eigenvalue weighted by Crippen LogP contribution is -2.29. The minimum absolute atomic E-state index is 0.409. The van der Waals surface area contributed by atoms with Crippen LogP contribution in [-0.4, -0.2) is 43.0 Å². The van der Waals surface area contributed by atoms with Gasteiger partial charge in [0, 0.05) is 55.2 Å². The van der Waals surface area contributed by atoms with Crippen molar-refractivity contribution in [2.24, 2.45) is 0 Å². The monoisotopic (exact) mass is 659 g/mol. The fourth-order valence-corrected chi connectivity index (χ4v) is 6.77. The summed E-state index contributed by atoms with van der Waals surface area (Å²) in [6.07, 6.45) is 9.35. The van der Waals surface area contributed by atoms with Crippen molar-refractivity contribution in [3.8, 4) is 5.75 Å². The van der Waals surface area contributed by atoms with Gasteiger partial charge in [0.05, 0.1) is 40.2 Å². The smallest absolute Gasteiger partial charge is 0.145 e. The maximum Gasteiger partial charge on any atom is 0.145 e. The molecule has 8 aromatic rings. The number of nitrogens with zero attached hydrogens (tertiary/aromatic N) is 5. The summed E-state index contributed by atoms with van der Waals surface area (Å²) in [5, 5.41) is 9.20. The van der Waals surface area contributed by atoms with E-state index in [1.165, 1.54) is 35.9 Å². The fourth-order valence-electron chi connectivity index (χ4n) is 6.77. The third-order valence-corrected chi connectivity index (χ3v) is 9.46. The van der Waals surface area contributed by atoms with Crippen molar-refractivity contribution >= 4 is 61.2 Å². The average Bonchev–Trinajstić information content (AvgIpc) is 3.81.